The van der Waals surface area contributed by atoms with Gasteiger partial charge < -0.3 is 20.1 Å². The number of amides is 2. The molecule has 0 saturated carbocycles. The molecule has 0 bridgehead atoms. The highest BCUT2D eigenvalue weighted by Crippen LogP contribution is 2.21. The molecule has 1 aromatic heterocycles. The molecule has 0 aliphatic carbocycles. The first-order chi connectivity index (χ1) is 11.2. The molecule has 1 heterocycles. The molecule has 0 radical (unpaired) electrons. The molecule has 7 heteroatoms. The molecule has 130 valence electrons. The maximum absolute atomic E-state index is 12.3. The van der Waals surface area contributed by atoms with Gasteiger partial charge in [0, 0.05) is 24.5 Å². The van der Waals surface area contributed by atoms with Crippen LogP contribution in [0.3, 0.4) is 0 Å². The van der Waals surface area contributed by atoms with Gasteiger partial charge in [0.25, 0.3) is 5.89 Å². The summed E-state index contributed by atoms with van der Waals surface area (Å²) in [6.45, 7) is 9.58. The first kappa shape index (κ1) is 17.8. The van der Waals surface area contributed by atoms with E-state index in [9.17, 15) is 4.79 Å². The molecule has 0 saturated heterocycles. The zero-order valence-corrected chi connectivity index (χ0v) is 15.0. The van der Waals surface area contributed by atoms with Gasteiger partial charge in [-0.2, -0.15) is 4.98 Å². The molecule has 2 rings (SSSR count). The quantitative estimate of drug-likeness (QED) is 0.878. The first-order valence-electron chi connectivity index (χ1n) is 7.92. The average molecular weight is 331 g/mol. The first-order valence-corrected chi connectivity index (χ1v) is 7.92. The third kappa shape index (κ3) is 4.24. The van der Waals surface area contributed by atoms with Crippen molar-refractivity contribution in [3.63, 3.8) is 0 Å². The van der Waals surface area contributed by atoms with E-state index >= 15 is 0 Å². The zero-order chi connectivity index (χ0) is 17.9. The summed E-state index contributed by atoms with van der Waals surface area (Å²) in [5.41, 5.74) is 0.988. The Labute approximate surface area is 142 Å². The number of hydrogen-bond donors (Lipinski definition) is 2. The Kier molecular flexibility index (Phi) is 5.11. The number of carbonyl (C=O) groups is 1. The number of rotatable bonds is 5. The van der Waals surface area contributed by atoms with Gasteiger partial charge in [-0.25, -0.2) is 4.79 Å². The number of carbonyl (C=O) groups excluding carboxylic acids is 1. The molecule has 1 aromatic carbocycles. The van der Waals surface area contributed by atoms with Crippen LogP contribution in [0.25, 0.3) is 0 Å². The Morgan fingerprint density at radius 3 is 2.62 bits per heavy atom. The molecule has 0 fully saturated rings. The molecule has 24 heavy (non-hydrogen) atoms. The molecular formula is C17H25N5O2. The molecule has 2 N–H and O–H groups in total. The average Bonchev–Trinajstić information content (AvgIpc) is 2.93. The predicted molar refractivity (Wildman–Crippen MR) is 94.2 cm³/mol. The molecule has 0 unspecified atom stereocenters. The lowest BCUT2D eigenvalue weighted by Crippen LogP contribution is -2.43. The van der Waals surface area contributed by atoms with E-state index in [1.165, 1.54) is 0 Å². The van der Waals surface area contributed by atoms with Gasteiger partial charge in [-0.05, 0) is 52.8 Å². The predicted octanol–water partition coefficient (Wildman–Crippen LogP) is 3.28. The number of aromatic nitrogens is 2. The summed E-state index contributed by atoms with van der Waals surface area (Å²) in [5, 5.41) is 9.45. The van der Waals surface area contributed by atoms with E-state index in [4.69, 9.17) is 4.52 Å². The maximum atomic E-state index is 12.3. The molecule has 0 aliphatic rings. The SMILES string of the molecule is Cc1noc(C(C)(C)NC(=O)Nc2cccc(N(C)C(C)C)c2)n1. The summed E-state index contributed by atoms with van der Waals surface area (Å²) in [4.78, 5) is 18.6. The van der Waals surface area contributed by atoms with Crippen LogP contribution in [0, 0.1) is 6.92 Å². The highest BCUT2D eigenvalue weighted by Gasteiger charge is 2.29. The van der Waals surface area contributed by atoms with Crippen molar-refractivity contribution in [3.8, 4) is 0 Å². The molecule has 0 aliphatic heterocycles. The standard InChI is InChI=1S/C17H25N5O2/c1-11(2)22(6)14-9-7-8-13(10-14)19-16(23)20-17(4,5)15-18-12(3)21-24-15/h7-11H,1-6H3,(H2,19,20,23). The maximum Gasteiger partial charge on any atom is 0.320 e. The second-order valence-electron chi connectivity index (χ2n) is 6.61. The number of urea groups is 1. The van der Waals surface area contributed by atoms with E-state index in [2.05, 4.69) is 39.5 Å². The van der Waals surface area contributed by atoms with Gasteiger partial charge in [-0.15, -0.1) is 0 Å². The van der Waals surface area contributed by atoms with Crippen LogP contribution in [-0.4, -0.2) is 29.3 Å². The summed E-state index contributed by atoms with van der Waals surface area (Å²) in [6, 6.07) is 7.74. The highest BCUT2D eigenvalue weighted by atomic mass is 16.5. The molecular weight excluding hydrogens is 306 g/mol. The summed E-state index contributed by atoms with van der Waals surface area (Å²) < 4.78 is 5.15. The van der Waals surface area contributed by atoms with Crippen LogP contribution in [-0.2, 0) is 5.54 Å². The normalized spacial score (nSPS) is 11.5. The van der Waals surface area contributed by atoms with Gasteiger partial charge in [-0.3, -0.25) is 0 Å². The Morgan fingerprint density at radius 1 is 1.33 bits per heavy atom. The molecule has 0 spiro atoms. The fourth-order valence-electron chi connectivity index (χ4n) is 2.15. The van der Waals surface area contributed by atoms with E-state index < -0.39 is 5.54 Å². The van der Waals surface area contributed by atoms with Gasteiger partial charge in [0.05, 0.1) is 0 Å². The van der Waals surface area contributed by atoms with Crippen LogP contribution in [0.5, 0.6) is 0 Å². The van der Waals surface area contributed by atoms with Crippen LogP contribution in [0.4, 0.5) is 16.2 Å². The Balaban J connectivity index is 2.06. The fourth-order valence-corrected chi connectivity index (χ4v) is 2.15. The van der Waals surface area contributed by atoms with Gasteiger partial charge in [0.15, 0.2) is 5.82 Å². The Bertz CT molecular complexity index is 709. The van der Waals surface area contributed by atoms with Crippen molar-refractivity contribution in [2.24, 2.45) is 0 Å². The lowest BCUT2D eigenvalue weighted by Gasteiger charge is -2.25. The van der Waals surface area contributed by atoms with Crippen LogP contribution < -0.4 is 15.5 Å². The van der Waals surface area contributed by atoms with Crippen LogP contribution in [0.2, 0.25) is 0 Å². The van der Waals surface area contributed by atoms with Crippen molar-refractivity contribution >= 4 is 17.4 Å². The van der Waals surface area contributed by atoms with Gasteiger partial charge in [0.1, 0.15) is 5.54 Å². The van der Waals surface area contributed by atoms with Crippen molar-refractivity contribution in [1.29, 1.82) is 0 Å². The third-order valence-corrected chi connectivity index (χ3v) is 3.77. The second-order valence-corrected chi connectivity index (χ2v) is 6.61. The molecule has 2 amide bonds. The Morgan fingerprint density at radius 2 is 2.04 bits per heavy atom. The minimum atomic E-state index is -0.766. The topological polar surface area (TPSA) is 83.3 Å². The van der Waals surface area contributed by atoms with E-state index in [0.29, 0.717) is 17.8 Å². The lowest BCUT2D eigenvalue weighted by molar-refractivity contribution is 0.228. The molecule has 7 nitrogen and oxygen atoms in total. The fraction of sp³-hybridized carbons (Fsp3) is 0.471. The van der Waals surface area contributed by atoms with Gasteiger partial charge >= 0.3 is 6.03 Å². The van der Waals surface area contributed by atoms with Crippen LogP contribution in [0.1, 0.15) is 39.4 Å². The number of aryl methyl sites for hydroxylation is 1. The largest absolute Gasteiger partial charge is 0.372 e. The summed E-state index contributed by atoms with van der Waals surface area (Å²) in [5.74, 6) is 0.896. The van der Waals surface area contributed by atoms with Crippen molar-refractivity contribution in [1.82, 2.24) is 15.5 Å². The highest BCUT2D eigenvalue weighted by molar-refractivity contribution is 5.90. The van der Waals surface area contributed by atoms with Crippen molar-refractivity contribution in [2.75, 3.05) is 17.3 Å². The van der Waals surface area contributed by atoms with E-state index in [0.717, 1.165) is 11.4 Å². The number of benzene rings is 1. The zero-order valence-electron chi connectivity index (χ0n) is 15.0. The molecule has 0 atom stereocenters. The summed E-state index contributed by atoms with van der Waals surface area (Å²) >= 11 is 0. The number of hydrogen-bond acceptors (Lipinski definition) is 5. The van der Waals surface area contributed by atoms with E-state index in [-0.39, 0.29) is 6.03 Å². The van der Waals surface area contributed by atoms with Crippen molar-refractivity contribution in [3.05, 3.63) is 36.0 Å². The van der Waals surface area contributed by atoms with E-state index in [1.807, 2.05) is 45.2 Å². The minimum Gasteiger partial charge on any atom is -0.372 e. The summed E-state index contributed by atoms with van der Waals surface area (Å²) in [7, 11) is 2.02. The number of nitrogens with one attached hydrogen (secondary N) is 2. The summed E-state index contributed by atoms with van der Waals surface area (Å²) in [6.07, 6.45) is 0. The van der Waals surface area contributed by atoms with Crippen molar-refractivity contribution in [2.45, 2.75) is 46.2 Å². The van der Waals surface area contributed by atoms with Crippen LogP contribution >= 0.6 is 0 Å². The van der Waals surface area contributed by atoms with Crippen LogP contribution in [0.15, 0.2) is 28.8 Å². The second kappa shape index (κ2) is 6.90. The Hall–Kier alpha value is -2.57. The smallest absolute Gasteiger partial charge is 0.320 e. The van der Waals surface area contributed by atoms with E-state index in [1.54, 1.807) is 6.92 Å². The lowest BCUT2D eigenvalue weighted by atomic mass is 10.1. The minimum absolute atomic E-state index is 0.333. The van der Waals surface area contributed by atoms with Gasteiger partial charge in [-0.1, -0.05) is 11.2 Å². The van der Waals surface area contributed by atoms with Gasteiger partial charge in [0.2, 0.25) is 0 Å². The number of nitrogens with zero attached hydrogens (tertiary/aromatic N) is 3. The number of anilines is 2. The molecule has 2 aromatic rings. The van der Waals surface area contributed by atoms with Crippen molar-refractivity contribution < 1.29 is 9.32 Å². The third-order valence-electron chi connectivity index (χ3n) is 3.77. The monoisotopic (exact) mass is 331 g/mol.